The standard InChI is InChI=1S/C7H9N5O/c1-12-4-8-2-5(12)7-9-6(3-13)10-11-7/h2,4,13H,3H2,1H3,(H,9,10,11). The fourth-order valence-electron chi connectivity index (χ4n) is 1.05. The highest BCUT2D eigenvalue weighted by atomic mass is 16.3. The van der Waals surface area contributed by atoms with Gasteiger partial charge in [0.2, 0.25) is 0 Å². The maximum Gasteiger partial charge on any atom is 0.199 e. The van der Waals surface area contributed by atoms with Gasteiger partial charge in [-0.15, -0.1) is 0 Å². The predicted octanol–water partition coefficient (Wildman–Crippen LogP) is -0.303. The second kappa shape index (κ2) is 2.98. The Kier molecular flexibility index (Phi) is 1.82. The number of nitrogens with zero attached hydrogens (tertiary/aromatic N) is 4. The number of hydrogen-bond acceptors (Lipinski definition) is 4. The molecule has 0 amide bonds. The highest BCUT2D eigenvalue weighted by molar-refractivity contribution is 5.47. The summed E-state index contributed by atoms with van der Waals surface area (Å²) >= 11 is 0. The van der Waals surface area contributed by atoms with Gasteiger partial charge in [-0.1, -0.05) is 0 Å². The number of rotatable bonds is 2. The maximum absolute atomic E-state index is 8.76. The smallest absolute Gasteiger partial charge is 0.199 e. The number of aliphatic hydroxyl groups excluding tert-OH is 1. The third-order valence-electron chi connectivity index (χ3n) is 1.73. The van der Waals surface area contributed by atoms with Gasteiger partial charge in [-0.3, -0.25) is 5.10 Å². The first-order valence-electron chi connectivity index (χ1n) is 3.80. The Labute approximate surface area is 74.3 Å². The molecule has 0 spiro atoms. The molecule has 2 aromatic heterocycles. The number of aromatic amines is 1. The maximum atomic E-state index is 8.76. The molecule has 6 nitrogen and oxygen atoms in total. The Balaban J connectivity index is 2.41. The van der Waals surface area contributed by atoms with E-state index in [9.17, 15) is 0 Å². The Bertz CT molecular complexity index is 404. The van der Waals surface area contributed by atoms with Gasteiger partial charge in [0.15, 0.2) is 11.6 Å². The highest BCUT2D eigenvalue weighted by Crippen LogP contribution is 2.11. The van der Waals surface area contributed by atoms with Crippen molar-refractivity contribution in [3.05, 3.63) is 18.3 Å². The molecule has 0 aromatic carbocycles. The molecule has 0 aliphatic rings. The summed E-state index contributed by atoms with van der Waals surface area (Å²) in [7, 11) is 1.86. The minimum atomic E-state index is -0.134. The summed E-state index contributed by atoms with van der Waals surface area (Å²) in [5.74, 6) is 1.00. The molecule has 0 unspecified atom stereocenters. The Morgan fingerprint density at radius 2 is 2.46 bits per heavy atom. The van der Waals surface area contributed by atoms with Crippen LogP contribution in [0.1, 0.15) is 5.82 Å². The SMILES string of the molecule is Cn1cncc1-c1n[nH]c(CO)n1. The van der Waals surface area contributed by atoms with E-state index >= 15 is 0 Å². The largest absolute Gasteiger partial charge is 0.388 e. The van der Waals surface area contributed by atoms with Crippen molar-refractivity contribution in [1.29, 1.82) is 0 Å². The monoisotopic (exact) mass is 179 g/mol. The lowest BCUT2D eigenvalue weighted by Crippen LogP contribution is -1.91. The molecule has 0 aliphatic carbocycles. The molecule has 0 saturated heterocycles. The summed E-state index contributed by atoms with van der Waals surface area (Å²) in [6.45, 7) is -0.134. The molecule has 6 heteroatoms. The molecule has 0 atom stereocenters. The van der Waals surface area contributed by atoms with Crippen molar-refractivity contribution < 1.29 is 5.11 Å². The summed E-state index contributed by atoms with van der Waals surface area (Å²) in [6.07, 6.45) is 3.34. The number of aliphatic hydroxyl groups is 1. The Morgan fingerprint density at radius 1 is 1.62 bits per heavy atom. The molecule has 2 heterocycles. The zero-order valence-corrected chi connectivity index (χ0v) is 7.10. The van der Waals surface area contributed by atoms with Gasteiger partial charge < -0.3 is 9.67 Å². The number of aromatic nitrogens is 5. The first-order valence-corrected chi connectivity index (χ1v) is 3.80. The third-order valence-corrected chi connectivity index (χ3v) is 1.73. The van der Waals surface area contributed by atoms with E-state index in [1.165, 1.54) is 0 Å². The Hall–Kier alpha value is -1.69. The van der Waals surface area contributed by atoms with Gasteiger partial charge in [0.1, 0.15) is 12.3 Å². The van der Waals surface area contributed by atoms with Crippen molar-refractivity contribution in [1.82, 2.24) is 24.7 Å². The van der Waals surface area contributed by atoms with Crippen molar-refractivity contribution in [2.75, 3.05) is 0 Å². The Morgan fingerprint density at radius 3 is 3.00 bits per heavy atom. The van der Waals surface area contributed by atoms with E-state index in [-0.39, 0.29) is 6.61 Å². The zero-order valence-electron chi connectivity index (χ0n) is 7.10. The minimum Gasteiger partial charge on any atom is -0.388 e. The number of nitrogens with one attached hydrogen (secondary N) is 1. The molecule has 0 saturated carbocycles. The van der Waals surface area contributed by atoms with Gasteiger partial charge in [0.05, 0.1) is 12.5 Å². The van der Waals surface area contributed by atoms with Crippen molar-refractivity contribution in [3.63, 3.8) is 0 Å². The van der Waals surface area contributed by atoms with Crippen LogP contribution in [0, 0.1) is 0 Å². The highest BCUT2D eigenvalue weighted by Gasteiger charge is 2.07. The summed E-state index contributed by atoms with van der Waals surface area (Å²) in [4.78, 5) is 7.99. The van der Waals surface area contributed by atoms with E-state index < -0.39 is 0 Å². The number of hydrogen-bond donors (Lipinski definition) is 2. The van der Waals surface area contributed by atoms with Gasteiger partial charge >= 0.3 is 0 Å². The summed E-state index contributed by atoms with van der Waals surface area (Å²) in [5.41, 5.74) is 0.816. The van der Waals surface area contributed by atoms with Crippen LogP contribution in [-0.2, 0) is 13.7 Å². The van der Waals surface area contributed by atoms with Crippen LogP contribution in [0.15, 0.2) is 12.5 Å². The van der Waals surface area contributed by atoms with Crippen LogP contribution in [0.3, 0.4) is 0 Å². The third kappa shape index (κ3) is 1.31. The molecule has 13 heavy (non-hydrogen) atoms. The van der Waals surface area contributed by atoms with Gasteiger partial charge in [-0.05, 0) is 0 Å². The minimum absolute atomic E-state index is 0.134. The molecule has 0 radical (unpaired) electrons. The van der Waals surface area contributed by atoms with Gasteiger partial charge in [-0.25, -0.2) is 9.97 Å². The van der Waals surface area contributed by atoms with Crippen LogP contribution in [0.5, 0.6) is 0 Å². The topological polar surface area (TPSA) is 79.6 Å². The number of aryl methyl sites for hydroxylation is 1. The van der Waals surface area contributed by atoms with E-state index in [0.717, 1.165) is 5.69 Å². The lowest BCUT2D eigenvalue weighted by molar-refractivity contribution is 0.272. The molecular weight excluding hydrogens is 170 g/mol. The summed E-state index contributed by atoms with van der Waals surface area (Å²) < 4.78 is 1.81. The molecule has 0 aliphatic heterocycles. The van der Waals surface area contributed by atoms with Crippen LogP contribution >= 0.6 is 0 Å². The fraction of sp³-hybridized carbons (Fsp3) is 0.286. The second-order valence-electron chi connectivity index (χ2n) is 2.65. The van der Waals surface area contributed by atoms with Crippen molar-refractivity contribution in [3.8, 4) is 11.5 Å². The molecule has 2 N–H and O–H groups in total. The average Bonchev–Trinajstić information content (AvgIpc) is 2.71. The first kappa shape index (κ1) is 7.93. The average molecular weight is 179 g/mol. The lowest BCUT2D eigenvalue weighted by atomic mass is 10.4. The van der Waals surface area contributed by atoms with Crippen LogP contribution in [0.2, 0.25) is 0 Å². The van der Waals surface area contributed by atoms with Crippen molar-refractivity contribution in [2.45, 2.75) is 6.61 Å². The van der Waals surface area contributed by atoms with Crippen molar-refractivity contribution >= 4 is 0 Å². The molecule has 0 bridgehead atoms. The predicted molar refractivity (Wildman–Crippen MR) is 44.5 cm³/mol. The molecule has 2 rings (SSSR count). The van der Waals surface area contributed by atoms with Crippen LogP contribution < -0.4 is 0 Å². The quantitative estimate of drug-likeness (QED) is 0.663. The molecule has 0 fully saturated rings. The van der Waals surface area contributed by atoms with E-state index in [0.29, 0.717) is 11.6 Å². The number of H-pyrrole nitrogens is 1. The lowest BCUT2D eigenvalue weighted by Gasteiger charge is -1.93. The molecule has 68 valence electrons. The fourth-order valence-corrected chi connectivity index (χ4v) is 1.05. The van der Waals surface area contributed by atoms with E-state index in [4.69, 9.17) is 5.11 Å². The van der Waals surface area contributed by atoms with Crippen LogP contribution in [0.25, 0.3) is 11.5 Å². The molecular formula is C7H9N5O. The van der Waals surface area contributed by atoms with E-state index in [1.807, 2.05) is 11.6 Å². The number of imidazole rings is 1. The van der Waals surface area contributed by atoms with Gasteiger partial charge in [0.25, 0.3) is 0 Å². The first-order chi connectivity index (χ1) is 6.31. The van der Waals surface area contributed by atoms with Crippen LogP contribution in [0.4, 0.5) is 0 Å². The summed E-state index contributed by atoms with van der Waals surface area (Å²) in [5, 5.41) is 15.3. The second-order valence-corrected chi connectivity index (χ2v) is 2.65. The van der Waals surface area contributed by atoms with Crippen molar-refractivity contribution in [2.24, 2.45) is 7.05 Å². The van der Waals surface area contributed by atoms with E-state index in [1.54, 1.807) is 12.5 Å². The van der Waals surface area contributed by atoms with Crippen LogP contribution in [-0.4, -0.2) is 29.8 Å². The summed E-state index contributed by atoms with van der Waals surface area (Å²) in [6, 6.07) is 0. The molecule has 2 aromatic rings. The van der Waals surface area contributed by atoms with E-state index in [2.05, 4.69) is 20.2 Å². The normalized spacial score (nSPS) is 10.6. The zero-order chi connectivity index (χ0) is 9.26. The van der Waals surface area contributed by atoms with Gasteiger partial charge in [0, 0.05) is 7.05 Å². The van der Waals surface area contributed by atoms with Gasteiger partial charge in [-0.2, -0.15) is 5.10 Å².